The molecule has 0 atom stereocenters. The number of aromatic nitrogens is 2. The van der Waals surface area contributed by atoms with Gasteiger partial charge in [-0.3, -0.25) is 0 Å². The molecule has 1 heterocycles. The molecule has 0 saturated heterocycles. The van der Waals surface area contributed by atoms with E-state index < -0.39 is 12.6 Å². The Labute approximate surface area is 77.7 Å². The molecule has 1 rings (SSSR count). The van der Waals surface area contributed by atoms with Gasteiger partial charge in [0, 0.05) is 6.07 Å². The summed E-state index contributed by atoms with van der Waals surface area (Å²) in [7, 11) is 1.15. The second-order valence-corrected chi connectivity index (χ2v) is 2.11. The largest absolute Gasteiger partial charge is 0.464 e. The van der Waals surface area contributed by atoms with Crippen LogP contribution in [-0.2, 0) is 4.74 Å². The Morgan fingerprint density at radius 2 is 2.21 bits per heavy atom. The summed E-state index contributed by atoms with van der Waals surface area (Å²) in [6.45, 7) is -2.99. The van der Waals surface area contributed by atoms with Crippen LogP contribution in [0, 0.1) is 0 Å². The van der Waals surface area contributed by atoms with Gasteiger partial charge in [0.1, 0.15) is 6.33 Å². The average Bonchev–Trinajstić information content (AvgIpc) is 2.16. The zero-order valence-corrected chi connectivity index (χ0v) is 7.11. The number of nitrogens with zero attached hydrogens (tertiary/aromatic N) is 2. The number of halogens is 2. The predicted octanol–water partition coefficient (Wildman–Crippen LogP) is 0.865. The Hall–Kier alpha value is -1.79. The highest BCUT2D eigenvalue weighted by molar-refractivity contribution is 5.87. The fourth-order valence-corrected chi connectivity index (χ4v) is 0.711. The monoisotopic (exact) mass is 204 g/mol. The number of carbonyl (C=O) groups excluding carboxylic acids is 1. The topological polar surface area (TPSA) is 61.3 Å². The van der Waals surface area contributed by atoms with E-state index in [1.54, 1.807) is 0 Å². The molecule has 0 radical (unpaired) electrons. The van der Waals surface area contributed by atoms with Crippen molar-refractivity contribution in [2.45, 2.75) is 6.61 Å². The first-order chi connectivity index (χ1) is 6.63. The molecule has 0 aromatic carbocycles. The van der Waals surface area contributed by atoms with Gasteiger partial charge in [-0.05, 0) is 0 Å². The van der Waals surface area contributed by atoms with Crippen LogP contribution in [0.5, 0.6) is 5.88 Å². The summed E-state index contributed by atoms with van der Waals surface area (Å²) in [6.07, 6.45) is 0.934. The second-order valence-electron chi connectivity index (χ2n) is 2.11. The normalized spacial score (nSPS) is 10.0. The first-order valence-electron chi connectivity index (χ1n) is 3.48. The fraction of sp³-hybridized carbons (Fsp3) is 0.286. The summed E-state index contributed by atoms with van der Waals surface area (Å²) in [6, 6.07) is 0.970. The highest BCUT2D eigenvalue weighted by Crippen LogP contribution is 2.10. The molecule has 0 aliphatic heterocycles. The zero-order chi connectivity index (χ0) is 10.6. The van der Waals surface area contributed by atoms with Crippen LogP contribution in [0.15, 0.2) is 12.4 Å². The maximum Gasteiger partial charge on any atom is 0.388 e. The summed E-state index contributed by atoms with van der Waals surface area (Å²) in [5.74, 6) is -1.12. The summed E-state index contributed by atoms with van der Waals surface area (Å²) in [5, 5.41) is 0. The maximum absolute atomic E-state index is 11.7. The Morgan fingerprint density at radius 3 is 2.79 bits per heavy atom. The second kappa shape index (κ2) is 4.45. The molecule has 1 aromatic rings. The number of carbonyl (C=O) groups is 1. The van der Waals surface area contributed by atoms with E-state index in [-0.39, 0.29) is 11.6 Å². The fourth-order valence-electron chi connectivity index (χ4n) is 0.711. The molecule has 0 aliphatic carbocycles. The van der Waals surface area contributed by atoms with Crippen LogP contribution >= 0.6 is 0 Å². The van der Waals surface area contributed by atoms with Crippen molar-refractivity contribution in [3.63, 3.8) is 0 Å². The lowest BCUT2D eigenvalue weighted by Gasteiger charge is -2.03. The quantitative estimate of drug-likeness (QED) is 0.683. The molecule has 5 nitrogen and oxygen atoms in total. The summed E-state index contributed by atoms with van der Waals surface area (Å²) in [4.78, 5) is 17.8. The number of esters is 1. The van der Waals surface area contributed by atoms with Gasteiger partial charge in [-0.15, -0.1) is 0 Å². The average molecular weight is 204 g/mol. The molecule has 0 N–H and O–H groups in total. The summed E-state index contributed by atoms with van der Waals surface area (Å²) >= 11 is 0. The third-order valence-corrected chi connectivity index (χ3v) is 1.25. The van der Waals surface area contributed by atoms with Crippen LogP contribution in [0.3, 0.4) is 0 Å². The van der Waals surface area contributed by atoms with Crippen molar-refractivity contribution in [2.24, 2.45) is 0 Å². The van der Waals surface area contributed by atoms with Crippen LogP contribution in [0.2, 0.25) is 0 Å². The third kappa shape index (κ3) is 2.61. The van der Waals surface area contributed by atoms with Gasteiger partial charge in [-0.25, -0.2) is 14.8 Å². The molecule has 0 unspecified atom stereocenters. The van der Waals surface area contributed by atoms with Gasteiger partial charge < -0.3 is 9.47 Å². The van der Waals surface area contributed by atoms with E-state index in [4.69, 9.17) is 0 Å². The number of alkyl halides is 2. The smallest absolute Gasteiger partial charge is 0.388 e. The third-order valence-electron chi connectivity index (χ3n) is 1.25. The molecule has 14 heavy (non-hydrogen) atoms. The maximum atomic E-state index is 11.7. The van der Waals surface area contributed by atoms with Gasteiger partial charge in [0.05, 0.1) is 7.11 Å². The van der Waals surface area contributed by atoms with E-state index in [0.29, 0.717) is 0 Å². The molecule has 7 heteroatoms. The van der Waals surface area contributed by atoms with Gasteiger partial charge >= 0.3 is 12.6 Å². The SMILES string of the molecule is COC(=O)c1cc(OC(F)F)ncn1. The molecule has 1 aromatic heterocycles. The lowest BCUT2D eigenvalue weighted by atomic mass is 10.4. The van der Waals surface area contributed by atoms with Gasteiger partial charge in [-0.1, -0.05) is 0 Å². The molecule has 0 saturated carbocycles. The van der Waals surface area contributed by atoms with Crippen LogP contribution in [0.4, 0.5) is 8.78 Å². The first kappa shape index (κ1) is 10.3. The Bertz CT molecular complexity index is 332. The standard InChI is InChI=1S/C7H6F2N2O3/c1-13-6(12)4-2-5(11-3-10-4)14-7(8)9/h2-3,7H,1H3. The van der Waals surface area contributed by atoms with Gasteiger partial charge in [-0.2, -0.15) is 8.78 Å². The van der Waals surface area contributed by atoms with E-state index >= 15 is 0 Å². The van der Waals surface area contributed by atoms with Crippen LogP contribution in [0.1, 0.15) is 10.5 Å². The van der Waals surface area contributed by atoms with Crippen molar-refractivity contribution in [3.8, 4) is 5.88 Å². The minimum Gasteiger partial charge on any atom is -0.464 e. The van der Waals surface area contributed by atoms with Gasteiger partial charge in [0.2, 0.25) is 5.88 Å². The van der Waals surface area contributed by atoms with Gasteiger partial charge in [0.25, 0.3) is 0 Å². The van der Waals surface area contributed by atoms with Crippen molar-refractivity contribution in [3.05, 3.63) is 18.1 Å². The molecule has 76 valence electrons. The highest BCUT2D eigenvalue weighted by atomic mass is 19.3. The molecular formula is C7H6F2N2O3. The summed E-state index contributed by atoms with van der Waals surface area (Å²) in [5.41, 5.74) is -0.141. The Morgan fingerprint density at radius 1 is 1.50 bits per heavy atom. The minimum atomic E-state index is -2.99. The Kier molecular flexibility index (Phi) is 3.27. The number of hydrogen-bond donors (Lipinski definition) is 0. The molecular weight excluding hydrogens is 198 g/mol. The van der Waals surface area contributed by atoms with E-state index in [1.165, 1.54) is 0 Å². The van der Waals surface area contributed by atoms with Crippen LogP contribution in [0.25, 0.3) is 0 Å². The van der Waals surface area contributed by atoms with Crippen LogP contribution in [-0.4, -0.2) is 29.7 Å². The first-order valence-corrected chi connectivity index (χ1v) is 3.48. The van der Waals surface area contributed by atoms with E-state index in [0.717, 1.165) is 19.5 Å². The van der Waals surface area contributed by atoms with Gasteiger partial charge in [0.15, 0.2) is 5.69 Å². The van der Waals surface area contributed by atoms with Crippen molar-refractivity contribution < 1.29 is 23.0 Å². The number of hydrogen-bond acceptors (Lipinski definition) is 5. The molecule has 0 spiro atoms. The number of rotatable bonds is 3. The zero-order valence-electron chi connectivity index (χ0n) is 7.11. The number of methoxy groups -OCH3 is 1. The summed E-state index contributed by atoms with van der Waals surface area (Å²) < 4.78 is 31.8. The van der Waals surface area contributed by atoms with Crippen molar-refractivity contribution in [1.82, 2.24) is 9.97 Å². The number of ether oxygens (including phenoxy) is 2. The molecule has 0 aliphatic rings. The van der Waals surface area contributed by atoms with E-state index in [2.05, 4.69) is 19.4 Å². The van der Waals surface area contributed by atoms with E-state index in [1.807, 2.05) is 0 Å². The Balaban J connectivity index is 2.84. The van der Waals surface area contributed by atoms with Crippen molar-refractivity contribution >= 4 is 5.97 Å². The van der Waals surface area contributed by atoms with Crippen LogP contribution < -0.4 is 4.74 Å². The predicted molar refractivity (Wildman–Crippen MR) is 40.0 cm³/mol. The van der Waals surface area contributed by atoms with Crippen molar-refractivity contribution in [2.75, 3.05) is 7.11 Å². The van der Waals surface area contributed by atoms with Crippen molar-refractivity contribution in [1.29, 1.82) is 0 Å². The molecule has 0 fully saturated rings. The molecule has 0 amide bonds. The lowest BCUT2D eigenvalue weighted by Crippen LogP contribution is -2.08. The molecule has 0 bridgehead atoms. The lowest BCUT2D eigenvalue weighted by molar-refractivity contribution is -0.0530. The minimum absolute atomic E-state index is 0.141. The van der Waals surface area contributed by atoms with E-state index in [9.17, 15) is 13.6 Å². The highest BCUT2D eigenvalue weighted by Gasteiger charge is 2.11.